The molecule has 108 valence electrons. The average molecular weight is 272 g/mol. The second-order valence-electron chi connectivity index (χ2n) is 5.29. The van der Waals surface area contributed by atoms with Gasteiger partial charge in [-0.05, 0) is 25.5 Å². The number of aromatic nitrogens is 1. The van der Waals surface area contributed by atoms with Crippen LogP contribution in [0.25, 0.3) is 10.9 Å². The number of rotatable bonds is 7. The highest BCUT2D eigenvalue weighted by atomic mass is 16.5. The van der Waals surface area contributed by atoms with Crippen molar-refractivity contribution in [3.63, 3.8) is 0 Å². The van der Waals surface area contributed by atoms with Crippen molar-refractivity contribution in [3.05, 3.63) is 30.5 Å². The molecule has 1 heterocycles. The summed E-state index contributed by atoms with van der Waals surface area (Å²) in [6.45, 7) is 4.46. The van der Waals surface area contributed by atoms with Crippen molar-refractivity contribution in [2.45, 2.75) is 45.6 Å². The number of unbranched alkanes of at least 4 members (excludes halogenated alkanes) is 2. The lowest BCUT2D eigenvalue weighted by molar-refractivity contribution is 0.415. The van der Waals surface area contributed by atoms with Gasteiger partial charge in [0.1, 0.15) is 5.75 Å². The molecule has 0 saturated heterocycles. The predicted octanol–water partition coefficient (Wildman–Crippen LogP) is 4.62. The van der Waals surface area contributed by atoms with Crippen molar-refractivity contribution < 1.29 is 4.74 Å². The monoisotopic (exact) mass is 272 g/mol. The van der Waals surface area contributed by atoms with Crippen molar-refractivity contribution in [1.29, 1.82) is 0 Å². The van der Waals surface area contributed by atoms with Crippen molar-refractivity contribution in [3.8, 4) is 5.75 Å². The summed E-state index contributed by atoms with van der Waals surface area (Å²) in [6, 6.07) is 8.52. The highest BCUT2D eigenvalue weighted by Crippen LogP contribution is 2.28. The summed E-state index contributed by atoms with van der Waals surface area (Å²) in [5, 5.41) is 4.68. The van der Waals surface area contributed by atoms with E-state index in [1.54, 1.807) is 7.11 Å². The zero-order chi connectivity index (χ0) is 14.4. The summed E-state index contributed by atoms with van der Waals surface area (Å²) < 4.78 is 5.38. The van der Waals surface area contributed by atoms with Crippen molar-refractivity contribution in [2.24, 2.45) is 0 Å². The first-order valence-electron chi connectivity index (χ1n) is 7.44. The normalized spacial score (nSPS) is 12.3. The number of fused-ring (bicyclic) bond motifs is 1. The predicted molar refractivity (Wildman–Crippen MR) is 85.5 cm³/mol. The number of hydrogen-bond donors (Lipinski definition) is 1. The van der Waals surface area contributed by atoms with Gasteiger partial charge in [-0.15, -0.1) is 0 Å². The lowest BCUT2D eigenvalue weighted by Gasteiger charge is -2.17. The van der Waals surface area contributed by atoms with E-state index in [0.29, 0.717) is 6.04 Å². The van der Waals surface area contributed by atoms with E-state index in [9.17, 15) is 0 Å². The van der Waals surface area contributed by atoms with Gasteiger partial charge in [-0.1, -0.05) is 32.3 Å². The Bertz CT molecular complexity index is 554. The van der Waals surface area contributed by atoms with Crippen molar-refractivity contribution in [1.82, 2.24) is 4.98 Å². The maximum atomic E-state index is 5.38. The number of nitrogens with one attached hydrogen (secondary N) is 1. The molecule has 0 aliphatic carbocycles. The van der Waals surface area contributed by atoms with Gasteiger partial charge in [0.15, 0.2) is 0 Å². The van der Waals surface area contributed by atoms with Crippen molar-refractivity contribution >= 4 is 16.6 Å². The minimum atomic E-state index is 0.443. The minimum absolute atomic E-state index is 0.443. The molecular formula is C17H24N2O. The lowest BCUT2D eigenvalue weighted by Crippen LogP contribution is -2.15. The molecule has 0 saturated carbocycles. The van der Waals surface area contributed by atoms with Crippen LogP contribution in [0.4, 0.5) is 5.69 Å². The van der Waals surface area contributed by atoms with Gasteiger partial charge in [0, 0.05) is 23.7 Å². The van der Waals surface area contributed by atoms with Gasteiger partial charge in [0.05, 0.1) is 18.3 Å². The first kappa shape index (κ1) is 14.6. The molecule has 0 bridgehead atoms. The van der Waals surface area contributed by atoms with Crippen LogP contribution in [0.3, 0.4) is 0 Å². The van der Waals surface area contributed by atoms with Crippen LogP contribution in [0, 0.1) is 0 Å². The summed E-state index contributed by atoms with van der Waals surface area (Å²) >= 11 is 0. The first-order chi connectivity index (χ1) is 9.74. The quantitative estimate of drug-likeness (QED) is 0.746. The number of hydrogen-bond acceptors (Lipinski definition) is 3. The third-order valence-corrected chi connectivity index (χ3v) is 3.56. The number of benzene rings is 1. The Balaban J connectivity index is 2.19. The molecule has 1 N–H and O–H groups in total. The van der Waals surface area contributed by atoms with Gasteiger partial charge in [-0.25, -0.2) is 0 Å². The molecule has 3 heteroatoms. The average Bonchev–Trinajstić information content (AvgIpc) is 2.47. The van der Waals surface area contributed by atoms with E-state index < -0.39 is 0 Å². The van der Waals surface area contributed by atoms with Gasteiger partial charge in [0.25, 0.3) is 0 Å². The number of pyridine rings is 1. The third kappa shape index (κ3) is 3.62. The molecule has 1 atom stereocenters. The largest absolute Gasteiger partial charge is 0.497 e. The molecule has 0 amide bonds. The maximum Gasteiger partial charge on any atom is 0.121 e. The molecule has 20 heavy (non-hydrogen) atoms. The fourth-order valence-electron chi connectivity index (χ4n) is 2.43. The van der Waals surface area contributed by atoms with Crippen LogP contribution >= 0.6 is 0 Å². The van der Waals surface area contributed by atoms with E-state index in [2.05, 4.69) is 30.2 Å². The van der Waals surface area contributed by atoms with Gasteiger partial charge in [-0.3, -0.25) is 4.98 Å². The first-order valence-corrected chi connectivity index (χ1v) is 7.44. The van der Waals surface area contributed by atoms with Crippen LogP contribution < -0.4 is 10.1 Å². The van der Waals surface area contributed by atoms with Crippen LogP contribution in [0.15, 0.2) is 30.5 Å². The number of ether oxygens (including phenoxy) is 1. The van der Waals surface area contributed by atoms with E-state index in [0.717, 1.165) is 22.3 Å². The summed E-state index contributed by atoms with van der Waals surface area (Å²) in [7, 11) is 1.70. The Morgan fingerprint density at radius 1 is 1.30 bits per heavy atom. The van der Waals surface area contributed by atoms with E-state index in [1.165, 1.54) is 25.7 Å². The maximum absolute atomic E-state index is 5.38. The summed E-state index contributed by atoms with van der Waals surface area (Å²) in [6.07, 6.45) is 6.83. The molecule has 0 spiro atoms. The summed E-state index contributed by atoms with van der Waals surface area (Å²) in [5.41, 5.74) is 2.07. The lowest BCUT2D eigenvalue weighted by atomic mass is 10.1. The summed E-state index contributed by atoms with van der Waals surface area (Å²) in [4.78, 5) is 4.49. The Kier molecular flexibility index (Phi) is 5.22. The molecule has 0 aliphatic heterocycles. The molecule has 0 fully saturated rings. The third-order valence-electron chi connectivity index (χ3n) is 3.56. The van der Waals surface area contributed by atoms with Crippen LogP contribution in [-0.4, -0.2) is 18.1 Å². The Hall–Kier alpha value is -1.77. The molecule has 1 unspecified atom stereocenters. The van der Waals surface area contributed by atoms with Gasteiger partial charge >= 0.3 is 0 Å². The highest BCUT2D eigenvalue weighted by molar-refractivity contribution is 5.91. The van der Waals surface area contributed by atoms with Crippen molar-refractivity contribution in [2.75, 3.05) is 12.4 Å². The topological polar surface area (TPSA) is 34.1 Å². The standard InChI is InChI=1S/C17H24N2O/c1-4-5-6-8-13(2)19-16-12-15(20-3)11-14-9-7-10-18-17(14)16/h7,9-13,19H,4-6,8H2,1-3H3. The molecule has 0 aliphatic rings. The second kappa shape index (κ2) is 7.13. The van der Waals surface area contributed by atoms with Gasteiger partial charge < -0.3 is 10.1 Å². The van der Waals surface area contributed by atoms with Gasteiger partial charge in [0.2, 0.25) is 0 Å². The molecule has 1 aromatic carbocycles. The summed E-state index contributed by atoms with van der Waals surface area (Å²) in [5.74, 6) is 0.869. The Morgan fingerprint density at radius 3 is 2.90 bits per heavy atom. The molecule has 2 aromatic rings. The van der Waals surface area contributed by atoms with E-state index in [4.69, 9.17) is 4.74 Å². The fraction of sp³-hybridized carbons (Fsp3) is 0.471. The van der Waals surface area contributed by atoms with E-state index in [-0.39, 0.29) is 0 Å². The molecule has 2 rings (SSSR count). The fourth-order valence-corrected chi connectivity index (χ4v) is 2.43. The molecule has 0 radical (unpaired) electrons. The SMILES string of the molecule is CCCCCC(C)Nc1cc(OC)cc2cccnc12. The molecule has 1 aromatic heterocycles. The Morgan fingerprint density at radius 2 is 2.15 bits per heavy atom. The minimum Gasteiger partial charge on any atom is -0.497 e. The van der Waals surface area contributed by atoms with Crippen LogP contribution in [0.2, 0.25) is 0 Å². The smallest absolute Gasteiger partial charge is 0.121 e. The van der Waals surface area contributed by atoms with Crippen LogP contribution in [0.5, 0.6) is 5.75 Å². The van der Waals surface area contributed by atoms with E-state index in [1.807, 2.05) is 24.4 Å². The zero-order valence-electron chi connectivity index (χ0n) is 12.6. The Labute approximate surface area is 121 Å². The van der Waals surface area contributed by atoms with E-state index >= 15 is 0 Å². The zero-order valence-corrected chi connectivity index (χ0v) is 12.6. The number of nitrogens with zero attached hydrogens (tertiary/aromatic N) is 1. The highest BCUT2D eigenvalue weighted by Gasteiger charge is 2.08. The van der Waals surface area contributed by atoms with Crippen LogP contribution in [-0.2, 0) is 0 Å². The molecular weight excluding hydrogens is 248 g/mol. The molecule has 3 nitrogen and oxygen atoms in total. The number of methoxy groups -OCH3 is 1. The van der Waals surface area contributed by atoms with Crippen LogP contribution in [0.1, 0.15) is 39.5 Å². The number of anilines is 1. The van der Waals surface area contributed by atoms with Gasteiger partial charge in [-0.2, -0.15) is 0 Å². The second-order valence-corrected chi connectivity index (χ2v) is 5.29.